The van der Waals surface area contributed by atoms with Crippen molar-refractivity contribution < 1.29 is 4.52 Å². The third-order valence-corrected chi connectivity index (χ3v) is 1.55. The molecule has 1 aromatic rings. The summed E-state index contributed by atoms with van der Waals surface area (Å²) in [6, 6.07) is 0. The first kappa shape index (κ1) is 10.5. The molecule has 1 heterocycles. The van der Waals surface area contributed by atoms with Crippen molar-refractivity contribution in [1.82, 2.24) is 15.5 Å². The molecule has 6 heteroatoms. The molecule has 0 spiro atoms. The van der Waals surface area contributed by atoms with Gasteiger partial charge in [0.05, 0.1) is 0 Å². The fourth-order valence-electron chi connectivity index (χ4n) is 0.956. The molecular formula is C8H15N5O. The number of guanidine groups is 1. The molecule has 0 atom stereocenters. The van der Waals surface area contributed by atoms with E-state index in [1.807, 2.05) is 6.92 Å². The van der Waals surface area contributed by atoms with E-state index in [0.717, 1.165) is 6.54 Å². The maximum atomic E-state index is 5.53. The molecule has 0 unspecified atom stereocenters. The quantitative estimate of drug-likeness (QED) is 0.517. The molecule has 1 rings (SSSR count). The van der Waals surface area contributed by atoms with Crippen molar-refractivity contribution >= 4 is 5.96 Å². The van der Waals surface area contributed by atoms with E-state index >= 15 is 0 Å². The lowest BCUT2D eigenvalue weighted by Crippen LogP contribution is -2.31. The zero-order valence-electron chi connectivity index (χ0n) is 8.45. The van der Waals surface area contributed by atoms with E-state index in [1.165, 1.54) is 0 Å². The molecule has 0 aliphatic rings. The summed E-state index contributed by atoms with van der Waals surface area (Å²) >= 11 is 0. The molecule has 14 heavy (non-hydrogen) atoms. The molecule has 3 N–H and O–H groups in total. The van der Waals surface area contributed by atoms with Gasteiger partial charge in [-0.05, 0) is 6.92 Å². The molecular weight excluding hydrogens is 182 g/mol. The molecule has 0 aliphatic heterocycles. The number of aryl methyl sites for hydroxylation is 1. The minimum Gasteiger partial charge on any atom is -0.370 e. The average molecular weight is 197 g/mol. The Morgan fingerprint density at radius 2 is 2.43 bits per heavy atom. The van der Waals surface area contributed by atoms with Gasteiger partial charge in [0, 0.05) is 26.4 Å². The van der Waals surface area contributed by atoms with Crippen LogP contribution in [-0.2, 0) is 6.42 Å². The van der Waals surface area contributed by atoms with E-state index in [9.17, 15) is 0 Å². The summed E-state index contributed by atoms with van der Waals surface area (Å²) in [5, 5.41) is 6.64. The van der Waals surface area contributed by atoms with Crippen molar-refractivity contribution in [3.05, 3.63) is 11.7 Å². The largest absolute Gasteiger partial charge is 0.370 e. The lowest BCUT2D eigenvalue weighted by Gasteiger charge is -1.99. The Morgan fingerprint density at radius 1 is 1.64 bits per heavy atom. The van der Waals surface area contributed by atoms with Crippen LogP contribution in [0.2, 0.25) is 0 Å². The van der Waals surface area contributed by atoms with Crippen molar-refractivity contribution in [1.29, 1.82) is 0 Å². The highest BCUT2D eigenvalue weighted by Gasteiger charge is 2.00. The first-order chi connectivity index (χ1) is 6.72. The van der Waals surface area contributed by atoms with Crippen LogP contribution in [0.3, 0.4) is 0 Å². The van der Waals surface area contributed by atoms with Crippen molar-refractivity contribution in [2.75, 3.05) is 13.1 Å². The van der Waals surface area contributed by atoms with Crippen LogP contribution in [0.15, 0.2) is 9.52 Å². The number of nitrogens with zero attached hydrogens (tertiary/aromatic N) is 3. The summed E-state index contributed by atoms with van der Waals surface area (Å²) < 4.78 is 4.81. The lowest BCUT2D eigenvalue weighted by atomic mass is 10.4. The van der Waals surface area contributed by atoms with Gasteiger partial charge in [0.2, 0.25) is 5.89 Å². The monoisotopic (exact) mass is 197 g/mol. The predicted molar refractivity (Wildman–Crippen MR) is 52.9 cm³/mol. The van der Waals surface area contributed by atoms with Crippen LogP contribution < -0.4 is 11.1 Å². The Balaban J connectivity index is 2.31. The van der Waals surface area contributed by atoms with Crippen LogP contribution in [0.1, 0.15) is 18.6 Å². The summed E-state index contributed by atoms with van der Waals surface area (Å²) in [7, 11) is 0. The maximum absolute atomic E-state index is 5.53. The van der Waals surface area contributed by atoms with Gasteiger partial charge < -0.3 is 15.6 Å². The first-order valence-corrected chi connectivity index (χ1v) is 4.55. The minimum atomic E-state index is 0.452. The third kappa shape index (κ3) is 3.42. The Hall–Kier alpha value is -1.59. The third-order valence-electron chi connectivity index (χ3n) is 1.55. The van der Waals surface area contributed by atoms with Gasteiger partial charge in [0.15, 0.2) is 11.8 Å². The van der Waals surface area contributed by atoms with E-state index in [1.54, 1.807) is 6.92 Å². The van der Waals surface area contributed by atoms with Crippen LogP contribution in [0.4, 0.5) is 0 Å². The van der Waals surface area contributed by atoms with Crippen molar-refractivity contribution in [3.8, 4) is 0 Å². The molecule has 0 radical (unpaired) electrons. The Bertz CT molecular complexity index is 306. The number of rotatable bonds is 4. The zero-order valence-corrected chi connectivity index (χ0v) is 8.45. The van der Waals surface area contributed by atoms with Gasteiger partial charge in [-0.2, -0.15) is 4.98 Å². The van der Waals surface area contributed by atoms with E-state index in [0.29, 0.717) is 30.6 Å². The Labute approximate surface area is 82.6 Å². The fourth-order valence-corrected chi connectivity index (χ4v) is 0.956. The molecule has 0 saturated heterocycles. The van der Waals surface area contributed by atoms with E-state index in [4.69, 9.17) is 10.3 Å². The molecule has 78 valence electrons. The number of nitrogens with two attached hydrogens (primary N) is 1. The van der Waals surface area contributed by atoms with Crippen LogP contribution in [0.5, 0.6) is 0 Å². The molecule has 1 aromatic heterocycles. The summed E-state index contributed by atoms with van der Waals surface area (Å²) in [6.07, 6.45) is 0.642. The van der Waals surface area contributed by atoms with Gasteiger partial charge in [0.1, 0.15) is 0 Å². The second-order valence-corrected chi connectivity index (χ2v) is 2.78. The van der Waals surface area contributed by atoms with Gasteiger partial charge in [-0.3, -0.25) is 4.99 Å². The second kappa shape index (κ2) is 5.21. The second-order valence-electron chi connectivity index (χ2n) is 2.78. The summed E-state index contributed by atoms with van der Waals surface area (Å²) in [6.45, 7) is 5.06. The minimum absolute atomic E-state index is 0.452. The van der Waals surface area contributed by atoms with E-state index < -0.39 is 0 Å². The topological polar surface area (TPSA) is 89.3 Å². The van der Waals surface area contributed by atoms with E-state index in [2.05, 4.69) is 20.4 Å². The van der Waals surface area contributed by atoms with Gasteiger partial charge in [0.25, 0.3) is 0 Å². The smallest absolute Gasteiger partial charge is 0.223 e. The molecule has 0 fully saturated rings. The molecule has 0 aromatic carbocycles. The van der Waals surface area contributed by atoms with Crippen LogP contribution >= 0.6 is 0 Å². The van der Waals surface area contributed by atoms with Gasteiger partial charge in [-0.1, -0.05) is 5.16 Å². The van der Waals surface area contributed by atoms with Gasteiger partial charge in [-0.25, -0.2) is 0 Å². The Kier molecular flexibility index (Phi) is 3.90. The van der Waals surface area contributed by atoms with Gasteiger partial charge in [-0.15, -0.1) is 0 Å². The van der Waals surface area contributed by atoms with Crippen molar-refractivity contribution in [2.45, 2.75) is 20.3 Å². The molecule has 0 amide bonds. The van der Waals surface area contributed by atoms with Gasteiger partial charge >= 0.3 is 0 Å². The van der Waals surface area contributed by atoms with Crippen LogP contribution in [0.25, 0.3) is 0 Å². The number of nitrogens with one attached hydrogen (secondary N) is 1. The van der Waals surface area contributed by atoms with E-state index in [-0.39, 0.29) is 0 Å². The van der Waals surface area contributed by atoms with Crippen LogP contribution in [-0.4, -0.2) is 29.2 Å². The standard InChI is InChI=1S/C8H15N5O/c1-3-10-8(9)11-5-4-7-12-6(2)14-13-7/h3-5H2,1-2H3,(H3,9,10,11). The number of aromatic nitrogens is 2. The highest BCUT2D eigenvalue weighted by atomic mass is 16.5. The zero-order chi connectivity index (χ0) is 10.4. The lowest BCUT2D eigenvalue weighted by molar-refractivity contribution is 0.387. The predicted octanol–water partition coefficient (Wildman–Crippen LogP) is -0.155. The molecule has 0 bridgehead atoms. The number of hydrogen-bond donors (Lipinski definition) is 2. The number of hydrogen-bond acceptors (Lipinski definition) is 4. The first-order valence-electron chi connectivity index (χ1n) is 4.55. The number of aliphatic imine (C=N–C) groups is 1. The SMILES string of the molecule is CCNC(N)=NCCc1noc(C)n1. The molecule has 0 saturated carbocycles. The van der Waals surface area contributed by atoms with Crippen LogP contribution in [0, 0.1) is 6.92 Å². The van der Waals surface area contributed by atoms with Crippen molar-refractivity contribution in [2.24, 2.45) is 10.7 Å². The highest BCUT2D eigenvalue weighted by molar-refractivity contribution is 5.77. The summed E-state index contributed by atoms with van der Waals surface area (Å²) in [5.74, 6) is 1.69. The normalized spacial score (nSPS) is 11.7. The fraction of sp³-hybridized carbons (Fsp3) is 0.625. The summed E-state index contributed by atoms with van der Waals surface area (Å²) in [4.78, 5) is 8.13. The molecule has 0 aliphatic carbocycles. The average Bonchev–Trinajstić information content (AvgIpc) is 2.52. The van der Waals surface area contributed by atoms with Crippen molar-refractivity contribution in [3.63, 3.8) is 0 Å². The highest BCUT2D eigenvalue weighted by Crippen LogP contribution is 1.95. The molecule has 6 nitrogen and oxygen atoms in total. The maximum Gasteiger partial charge on any atom is 0.223 e. The Morgan fingerprint density at radius 3 is 3.00 bits per heavy atom. The summed E-state index contributed by atoms with van der Waals surface area (Å²) in [5.41, 5.74) is 5.53.